The fourth-order valence-corrected chi connectivity index (χ4v) is 2.44. The van der Waals surface area contributed by atoms with E-state index in [1.54, 1.807) is 5.56 Å². The van der Waals surface area contributed by atoms with E-state index < -0.39 is 0 Å². The third-order valence-corrected chi connectivity index (χ3v) is 3.83. The topological polar surface area (TPSA) is 12.0 Å². The van der Waals surface area contributed by atoms with Crippen molar-refractivity contribution in [3.8, 4) is 0 Å². The monoisotopic (exact) mass is 217 g/mol. The summed E-state index contributed by atoms with van der Waals surface area (Å²) >= 11 is 0. The van der Waals surface area contributed by atoms with E-state index >= 15 is 0 Å². The Morgan fingerprint density at radius 1 is 1.19 bits per heavy atom. The molecule has 0 saturated carbocycles. The van der Waals surface area contributed by atoms with Gasteiger partial charge in [-0.1, -0.05) is 38.1 Å². The van der Waals surface area contributed by atoms with Gasteiger partial charge in [0.25, 0.3) is 0 Å². The van der Waals surface area contributed by atoms with Gasteiger partial charge in [0.2, 0.25) is 0 Å². The molecule has 1 aliphatic rings. The van der Waals surface area contributed by atoms with Gasteiger partial charge in [-0.3, -0.25) is 0 Å². The zero-order valence-corrected chi connectivity index (χ0v) is 10.7. The van der Waals surface area contributed by atoms with Crippen molar-refractivity contribution in [2.75, 3.05) is 0 Å². The van der Waals surface area contributed by atoms with Gasteiger partial charge in [0, 0.05) is 12.1 Å². The molecule has 0 aliphatic heterocycles. The molecule has 1 aliphatic carbocycles. The Balaban J connectivity index is 2.13. The fourth-order valence-electron chi connectivity index (χ4n) is 2.44. The molecule has 0 amide bonds. The van der Waals surface area contributed by atoms with Crippen LogP contribution in [0.1, 0.15) is 50.8 Å². The van der Waals surface area contributed by atoms with Crippen molar-refractivity contribution in [2.24, 2.45) is 5.92 Å². The van der Waals surface area contributed by atoms with E-state index in [1.165, 1.54) is 24.8 Å². The molecule has 1 aromatic carbocycles. The van der Waals surface area contributed by atoms with Crippen LogP contribution in [-0.2, 0) is 6.42 Å². The molecule has 0 bridgehead atoms. The summed E-state index contributed by atoms with van der Waals surface area (Å²) in [5.74, 6) is 0.703. The van der Waals surface area contributed by atoms with Gasteiger partial charge in [-0.25, -0.2) is 0 Å². The summed E-state index contributed by atoms with van der Waals surface area (Å²) in [6.07, 6.45) is 3.86. The molecule has 1 nitrogen and oxygen atoms in total. The van der Waals surface area contributed by atoms with Crippen LogP contribution in [0.5, 0.6) is 0 Å². The Labute approximate surface area is 99.3 Å². The Hall–Kier alpha value is -0.820. The minimum Gasteiger partial charge on any atom is -0.307 e. The van der Waals surface area contributed by atoms with Gasteiger partial charge in [0.05, 0.1) is 0 Å². The van der Waals surface area contributed by atoms with Gasteiger partial charge in [-0.2, -0.15) is 0 Å². The number of aryl methyl sites for hydroxylation is 1. The minimum absolute atomic E-state index is 0.572. The molecule has 0 radical (unpaired) electrons. The first-order chi connectivity index (χ1) is 7.68. The van der Waals surface area contributed by atoms with Gasteiger partial charge in [-0.15, -0.1) is 0 Å². The first-order valence-electron chi connectivity index (χ1n) is 6.52. The van der Waals surface area contributed by atoms with Crippen molar-refractivity contribution in [1.82, 2.24) is 5.32 Å². The molecular formula is C15H23N. The van der Waals surface area contributed by atoms with Crippen LogP contribution in [0.3, 0.4) is 0 Å². The summed E-state index contributed by atoms with van der Waals surface area (Å²) in [6, 6.07) is 10.1. The second-order valence-electron chi connectivity index (χ2n) is 5.34. The molecule has 0 heterocycles. The van der Waals surface area contributed by atoms with Crippen molar-refractivity contribution >= 4 is 0 Å². The molecule has 2 unspecified atom stereocenters. The molecule has 0 saturated heterocycles. The van der Waals surface area contributed by atoms with E-state index in [-0.39, 0.29) is 0 Å². The van der Waals surface area contributed by atoms with Gasteiger partial charge in [0.15, 0.2) is 0 Å². The van der Waals surface area contributed by atoms with Gasteiger partial charge in [0.1, 0.15) is 0 Å². The molecule has 0 fully saturated rings. The van der Waals surface area contributed by atoms with Crippen LogP contribution in [-0.4, -0.2) is 6.04 Å². The van der Waals surface area contributed by atoms with E-state index in [0.717, 1.165) is 0 Å². The number of benzene rings is 1. The lowest BCUT2D eigenvalue weighted by molar-refractivity contribution is 0.350. The molecule has 16 heavy (non-hydrogen) atoms. The van der Waals surface area contributed by atoms with Crippen molar-refractivity contribution in [3.63, 3.8) is 0 Å². The molecule has 2 rings (SSSR count). The number of nitrogens with one attached hydrogen (secondary N) is 1. The number of hydrogen-bond acceptors (Lipinski definition) is 1. The zero-order valence-electron chi connectivity index (χ0n) is 10.7. The largest absolute Gasteiger partial charge is 0.307 e. The molecule has 2 atom stereocenters. The highest BCUT2D eigenvalue weighted by molar-refractivity contribution is 5.32. The summed E-state index contributed by atoms with van der Waals surface area (Å²) in [6.45, 7) is 6.86. The normalized spacial score (nSPS) is 21.9. The predicted molar refractivity (Wildman–Crippen MR) is 69.6 cm³/mol. The molecule has 88 valence electrons. The SMILES string of the molecule is CC(C)C(C)NC1CCCc2ccccc21. The van der Waals surface area contributed by atoms with Gasteiger partial charge >= 0.3 is 0 Å². The van der Waals surface area contributed by atoms with Crippen molar-refractivity contribution in [1.29, 1.82) is 0 Å². The lowest BCUT2D eigenvalue weighted by Crippen LogP contribution is -2.35. The molecule has 0 spiro atoms. The van der Waals surface area contributed by atoms with E-state index in [2.05, 4.69) is 50.4 Å². The average Bonchev–Trinajstić information content (AvgIpc) is 2.29. The maximum absolute atomic E-state index is 3.77. The van der Waals surface area contributed by atoms with Crippen LogP contribution in [0.15, 0.2) is 24.3 Å². The van der Waals surface area contributed by atoms with E-state index in [0.29, 0.717) is 18.0 Å². The molecule has 0 aromatic heterocycles. The summed E-state index contributed by atoms with van der Waals surface area (Å²) in [4.78, 5) is 0. The van der Waals surface area contributed by atoms with Crippen LogP contribution in [0.4, 0.5) is 0 Å². The highest BCUT2D eigenvalue weighted by atomic mass is 14.9. The molecule has 1 heteroatoms. The van der Waals surface area contributed by atoms with Crippen LogP contribution in [0.25, 0.3) is 0 Å². The second kappa shape index (κ2) is 5.01. The molecule has 1 aromatic rings. The van der Waals surface area contributed by atoms with Crippen LogP contribution in [0, 0.1) is 5.92 Å². The minimum atomic E-state index is 0.572. The summed E-state index contributed by atoms with van der Waals surface area (Å²) in [5, 5.41) is 3.77. The predicted octanol–water partition coefficient (Wildman–Crippen LogP) is 3.70. The third kappa shape index (κ3) is 2.46. The fraction of sp³-hybridized carbons (Fsp3) is 0.600. The summed E-state index contributed by atoms with van der Waals surface area (Å²) in [5.41, 5.74) is 3.07. The highest BCUT2D eigenvalue weighted by Crippen LogP contribution is 2.30. The average molecular weight is 217 g/mol. The van der Waals surface area contributed by atoms with Gasteiger partial charge < -0.3 is 5.32 Å². The Morgan fingerprint density at radius 2 is 1.94 bits per heavy atom. The lowest BCUT2D eigenvalue weighted by Gasteiger charge is -2.30. The van der Waals surface area contributed by atoms with E-state index in [4.69, 9.17) is 0 Å². The molecular weight excluding hydrogens is 194 g/mol. The van der Waals surface area contributed by atoms with Crippen LogP contribution >= 0.6 is 0 Å². The Bertz CT molecular complexity index is 343. The highest BCUT2D eigenvalue weighted by Gasteiger charge is 2.21. The first-order valence-corrected chi connectivity index (χ1v) is 6.52. The van der Waals surface area contributed by atoms with Crippen molar-refractivity contribution in [2.45, 2.75) is 52.1 Å². The quantitative estimate of drug-likeness (QED) is 0.814. The van der Waals surface area contributed by atoms with Crippen LogP contribution in [0.2, 0.25) is 0 Å². The number of hydrogen-bond donors (Lipinski definition) is 1. The molecule has 1 N–H and O–H groups in total. The van der Waals surface area contributed by atoms with Crippen LogP contribution < -0.4 is 5.32 Å². The summed E-state index contributed by atoms with van der Waals surface area (Å²) in [7, 11) is 0. The third-order valence-electron chi connectivity index (χ3n) is 3.83. The van der Waals surface area contributed by atoms with Crippen molar-refractivity contribution in [3.05, 3.63) is 35.4 Å². The summed E-state index contributed by atoms with van der Waals surface area (Å²) < 4.78 is 0. The van der Waals surface area contributed by atoms with Crippen molar-refractivity contribution < 1.29 is 0 Å². The number of rotatable bonds is 3. The first kappa shape index (κ1) is 11.7. The lowest BCUT2D eigenvalue weighted by atomic mass is 9.87. The van der Waals surface area contributed by atoms with Gasteiger partial charge in [-0.05, 0) is 43.2 Å². The second-order valence-corrected chi connectivity index (χ2v) is 5.34. The maximum Gasteiger partial charge on any atom is 0.0325 e. The van der Waals surface area contributed by atoms with E-state index in [9.17, 15) is 0 Å². The number of fused-ring (bicyclic) bond motifs is 1. The Kier molecular flexibility index (Phi) is 3.65. The smallest absolute Gasteiger partial charge is 0.0325 e. The standard InChI is InChI=1S/C15H23N/c1-11(2)12(3)16-15-10-6-8-13-7-4-5-9-14(13)15/h4-5,7,9,11-12,15-16H,6,8,10H2,1-3H3. The zero-order chi connectivity index (χ0) is 11.5. The maximum atomic E-state index is 3.77. The Morgan fingerprint density at radius 3 is 2.69 bits per heavy atom. The van der Waals surface area contributed by atoms with E-state index in [1.807, 2.05) is 0 Å².